The molecule has 1 saturated heterocycles. The van der Waals surface area contributed by atoms with Crippen LogP contribution < -0.4 is 4.90 Å². The molecule has 11 heteroatoms. The summed E-state index contributed by atoms with van der Waals surface area (Å²) in [6.07, 6.45) is -5.30. The molecule has 2 heterocycles. The molecule has 112 valence electrons. The van der Waals surface area contributed by atoms with E-state index in [4.69, 9.17) is 0 Å². The van der Waals surface area contributed by atoms with E-state index in [1.807, 2.05) is 0 Å². The van der Waals surface area contributed by atoms with Gasteiger partial charge in [0, 0.05) is 26.1 Å². The van der Waals surface area contributed by atoms with Crippen molar-refractivity contribution in [2.45, 2.75) is 17.8 Å². The van der Waals surface area contributed by atoms with Crippen molar-refractivity contribution in [2.24, 2.45) is 7.05 Å². The van der Waals surface area contributed by atoms with Crippen molar-refractivity contribution in [1.82, 2.24) is 9.78 Å². The Hall–Kier alpha value is -1.65. The number of nitrogens with zero attached hydrogens (tertiary/aromatic N) is 3. The van der Waals surface area contributed by atoms with Gasteiger partial charge in [0.25, 0.3) is 0 Å². The maximum atomic E-state index is 12.8. The lowest BCUT2D eigenvalue weighted by molar-refractivity contribution is -0.141. The Balaban J connectivity index is 2.34. The van der Waals surface area contributed by atoms with E-state index >= 15 is 0 Å². The van der Waals surface area contributed by atoms with Crippen molar-refractivity contribution < 1.29 is 30.3 Å². The summed E-state index contributed by atoms with van der Waals surface area (Å²) < 4.78 is 72.6. The molecule has 0 radical (unpaired) electrons. The molecule has 1 atom stereocenters. The average molecular weight is 315 g/mol. The third-order valence-electron chi connectivity index (χ3n) is 2.91. The van der Waals surface area contributed by atoms with Gasteiger partial charge in [-0.3, -0.25) is 14.4 Å². The molecule has 1 unspecified atom stereocenters. The first-order valence-electron chi connectivity index (χ1n) is 5.35. The molecule has 6 nitrogen and oxygen atoms in total. The molecule has 1 aromatic rings. The van der Waals surface area contributed by atoms with Gasteiger partial charge in [-0.25, -0.2) is 0 Å². The standard InChI is InChI=1S/C9H9F4N3O3S/c1-15-7(3-6(14-15)9(10,11)12)16-4-5(2-8(16)17)20(13,18)19/h3,5H,2,4H2,1H3. The second-order valence-electron chi connectivity index (χ2n) is 4.32. The number of anilines is 1. The molecule has 1 fully saturated rings. The summed E-state index contributed by atoms with van der Waals surface area (Å²) in [7, 11) is -3.75. The third kappa shape index (κ3) is 2.62. The SMILES string of the molecule is Cn1nc(C(F)(F)F)cc1N1CC(S(=O)(=O)F)CC1=O. The minimum absolute atomic E-state index is 0.228. The number of hydrogen-bond acceptors (Lipinski definition) is 4. The number of hydrogen-bond donors (Lipinski definition) is 0. The van der Waals surface area contributed by atoms with Crippen LogP contribution in [-0.4, -0.2) is 35.9 Å². The monoisotopic (exact) mass is 315 g/mol. The Morgan fingerprint density at radius 2 is 2.00 bits per heavy atom. The van der Waals surface area contributed by atoms with E-state index in [1.54, 1.807) is 0 Å². The number of carbonyl (C=O) groups is 1. The number of amides is 1. The van der Waals surface area contributed by atoms with Crippen molar-refractivity contribution in [2.75, 3.05) is 11.4 Å². The fraction of sp³-hybridized carbons (Fsp3) is 0.556. The van der Waals surface area contributed by atoms with Crippen LogP contribution in [0.1, 0.15) is 12.1 Å². The van der Waals surface area contributed by atoms with E-state index in [1.165, 1.54) is 7.05 Å². The molecule has 0 spiro atoms. The zero-order valence-corrected chi connectivity index (χ0v) is 10.9. The molecule has 1 aliphatic rings. The van der Waals surface area contributed by atoms with Gasteiger partial charge in [0.1, 0.15) is 11.1 Å². The van der Waals surface area contributed by atoms with E-state index in [2.05, 4.69) is 5.10 Å². The summed E-state index contributed by atoms with van der Waals surface area (Å²) in [5.74, 6) is -0.999. The minimum Gasteiger partial charge on any atom is -0.296 e. The number of halogens is 4. The molecule has 1 aliphatic heterocycles. The minimum atomic E-state index is -4.93. The van der Waals surface area contributed by atoms with Crippen LogP contribution in [0.5, 0.6) is 0 Å². The smallest absolute Gasteiger partial charge is 0.296 e. The Bertz CT molecular complexity index is 652. The van der Waals surface area contributed by atoms with Crippen molar-refractivity contribution in [3.8, 4) is 0 Å². The van der Waals surface area contributed by atoms with Gasteiger partial charge in [0.15, 0.2) is 5.69 Å². The summed E-state index contributed by atoms with van der Waals surface area (Å²) in [6.45, 7) is -0.533. The molecule has 0 saturated carbocycles. The predicted octanol–water partition coefficient (Wildman–Crippen LogP) is 0.843. The highest BCUT2D eigenvalue weighted by atomic mass is 32.3. The first kappa shape index (κ1) is 14.8. The molecule has 0 aromatic carbocycles. The number of aryl methyl sites for hydroxylation is 1. The molecule has 2 rings (SSSR count). The maximum Gasteiger partial charge on any atom is 0.435 e. The first-order valence-corrected chi connectivity index (χ1v) is 6.80. The van der Waals surface area contributed by atoms with Gasteiger partial charge >= 0.3 is 16.4 Å². The van der Waals surface area contributed by atoms with Crippen LogP contribution >= 0.6 is 0 Å². The molecule has 1 amide bonds. The predicted molar refractivity (Wildman–Crippen MR) is 59.0 cm³/mol. The molecule has 0 aliphatic carbocycles. The summed E-state index contributed by atoms with van der Waals surface area (Å²) in [5, 5.41) is 1.63. The van der Waals surface area contributed by atoms with Gasteiger partial charge < -0.3 is 0 Å². The van der Waals surface area contributed by atoms with Gasteiger partial charge in [-0.1, -0.05) is 0 Å². The number of carbonyl (C=O) groups excluding carboxylic acids is 1. The second-order valence-corrected chi connectivity index (χ2v) is 5.93. The lowest BCUT2D eigenvalue weighted by Crippen LogP contribution is -2.28. The normalized spacial score (nSPS) is 20.8. The van der Waals surface area contributed by atoms with Crippen molar-refractivity contribution in [3.63, 3.8) is 0 Å². The summed E-state index contributed by atoms with van der Waals surface area (Å²) >= 11 is 0. The van der Waals surface area contributed by atoms with Crippen LogP contribution in [0, 0.1) is 0 Å². The van der Waals surface area contributed by atoms with Crippen molar-refractivity contribution in [3.05, 3.63) is 11.8 Å². The van der Waals surface area contributed by atoms with E-state index in [0.29, 0.717) is 6.07 Å². The van der Waals surface area contributed by atoms with E-state index in [-0.39, 0.29) is 5.82 Å². The zero-order valence-electron chi connectivity index (χ0n) is 10.1. The lowest BCUT2D eigenvalue weighted by Gasteiger charge is -2.15. The van der Waals surface area contributed by atoms with Crippen molar-refractivity contribution >= 4 is 21.9 Å². The van der Waals surface area contributed by atoms with Crippen LogP contribution in [0.2, 0.25) is 0 Å². The van der Waals surface area contributed by atoms with Crippen LogP contribution in [-0.2, 0) is 28.2 Å². The highest BCUT2D eigenvalue weighted by Crippen LogP contribution is 2.32. The van der Waals surface area contributed by atoms with E-state index in [0.717, 1.165) is 9.58 Å². The van der Waals surface area contributed by atoms with Gasteiger partial charge in [-0.2, -0.15) is 26.7 Å². The number of rotatable bonds is 2. The number of aromatic nitrogens is 2. The Morgan fingerprint density at radius 3 is 2.40 bits per heavy atom. The van der Waals surface area contributed by atoms with Gasteiger partial charge in [-0.15, -0.1) is 3.89 Å². The fourth-order valence-electron chi connectivity index (χ4n) is 1.93. The average Bonchev–Trinajstić information content (AvgIpc) is 2.80. The Kier molecular flexibility index (Phi) is 3.27. The maximum absolute atomic E-state index is 12.8. The lowest BCUT2D eigenvalue weighted by atomic mass is 10.4. The van der Waals surface area contributed by atoms with Crippen LogP contribution in [0.15, 0.2) is 6.07 Å². The fourth-order valence-corrected chi connectivity index (χ4v) is 2.60. The molecule has 0 bridgehead atoms. The van der Waals surface area contributed by atoms with Crippen LogP contribution in [0.4, 0.5) is 22.9 Å². The Labute approximate surface area is 111 Å². The van der Waals surface area contributed by atoms with Gasteiger partial charge in [0.2, 0.25) is 5.91 Å². The molecular formula is C9H9F4N3O3S. The molecular weight excluding hydrogens is 306 g/mol. The highest BCUT2D eigenvalue weighted by molar-refractivity contribution is 7.87. The van der Waals surface area contributed by atoms with E-state index in [9.17, 15) is 30.3 Å². The van der Waals surface area contributed by atoms with Gasteiger partial charge in [0.05, 0.1) is 0 Å². The second kappa shape index (κ2) is 4.43. The summed E-state index contributed by atoms with van der Waals surface area (Å²) in [6, 6.07) is 0.616. The quantitative estimate of drug-likeness (QED) is 0.599. The van der Waals surface area contributed by atoms with Crippen molar-refractivity contribution in [1.29, 1.82) is 0 Å². The van der Waals surface area contributed by atoms with Crippen LogP contribution in [0.3, 0.4) is 0 Å². The zero-order chi connectivity index (χ0) is 15.3. The molecule has 1 aromatic heterocycles. The highest BCUT2D eigenvalue weighted by Gasteiger charge is 2.42. The van der Waals surface area contributed by atoms with Crippen LogP contribution in [0.25, 0.3) is 0 Å². The third-order valence-corrected chi connectivity index (χ3v) is 4.02. The number of alkyl halides is 3. The first-order chi connectivity index (χ1) is 9.00. The Morgan fingerprint density at radius 1 is 1.40 bits per heavy atom. The molecule has 0 N–H and O–H groups in total. The topological polar surface area (TPSA) is 72.3 Å². The summed E-state index contributed by atoms with van der Waals surface area (Å²) in [4.78, 5) is 12.4. The largest absolute Gasteiger partial charge is 0.435 e. The molecule has 20 heavy (non-hydrogen) atoms. The van der Waals surface area contributed by atoms with Gasteiger partial charge in [-0.05, 0) is 0 Å². The summed E-state index contributed by atoms with van der Waals surface area (Å²) in [5.41, 5.74) is -1.21. The van der Waals surface area contributed by atoms with E-state index < -0.39 is 46.2 Å².